The summed E-state index contributed by atoms with van der Waals surface area (Å²) in [4.78, 5) is 2.03. The van der Waals surface area contributed by atoms with Gasteiger partial charge in [0.2, 0.25) is 0 Å². The molecule has 2 aromatic rings. The summed E-state index contributed by atoms with van der Waals surface area (Å²) in [7, 11) is 3.98. The Morgan fingerprint density at radius 1 is 1.07 bits per heavy atom. The molecule has 0 radical (unpaired) electrons. The highest BCUT2D eigenvalue weighted by Gasteiger charge is 2.06. The lowest BCUT2D eigenvalue weighted by atomic mass is 10.0. The van der Waals surface area contributed by atoms with Gasteiger partial charge in [0, 0.05) is 25.2 Å². The Labute approximate surface area is 89.4 Å². The fourth-order valence-corrected chi connectivity index (χ4v) is 1.79. The van der Waals surface area contributed by atoms with Crippen molar-refractivity contribution in [2.45, 2.75) is 0 Å². The van der Waals surface area contributed by atoms with E-state index in [1.807, 2.05) is 55.4 Å². The van der Waals surface area contributed by atoms with Gasteiger partial charge in [0.15, 0.2) is 0 Å². The second-order valence-electron chi connectivity index (χ2n) is 3.69. The second kappa shape index (κ2) is 3.62. The van der Waals surface area contributed by atoms with Crippen molar-refractivity contribution in [3.63, 3.8) is 0 Å². The molecule has 0 bridgehead atoms. The van der Waals surface area contributed by atoms with Crippen molar-refractivity contribution >= 4 is 16.5 Å². The summed E-state index contributed by atoms with van der Waals surface area (Å²) >= 11 is 0. The maximum atomic E-state index is 9.07. The fraction of sp³-hybridized carbons (Fsp3) is 0.154. The van der Waals surface area contributed by atoms with Gasteiger partial charge in [-0.3, -0.25) is 0 Å². The number of fused-ring (bicyclic) bond motifs is 1. The van der Waals surface area contributed by atoms with Crippen LogP contribution in [-0.2, 0) is 0 Å². The van der Waals surface area contributed by atoms with E-state index in [-0.39, 0.29) is 0 Å². The van der Waals surface area contributed by atoms with E-state index in [9.17, 15) is 0 Å². The molecule has 0 atom stereocenters. The average Bonchev–Trinajstić information content (AvgIpc) is 2.27. The molecule has 2 aromatic carbocycles. The van der Waals surface area contributed by atoms with Crippen LogP contribution in [0.3, 0.4) is 0 Å². The van der Waals surface area contributed by atoms with Crippen molar-refractivity contribution < 1.29 is 0 Å². The largest absolute Gasteiger partial charge is 0.377 e. The summed E-state index contributed by atoms with van der Waals surface area (Å²) in [6, 6.07) is 14.1. The first-order valence-electron chi connectivity index (χ1n) is 4.83. The minimum atomic E-state index is 0.733. The minimum Gasteiger partial charge on any atom is -0.377 e. The van der Waals surface area contributed by atoms with E-state index >= 15 is 0 Å². The normalized spacial score (nSPS) is 9.93. The van der Waals surface area contributed by atoms with Crippen LogP contribution < -0.4 is 4.90 Å². The van der Waals surface area contributed by atoms with Crippen LogP contribution in [0.4, 0.5) is 5.69 Å². The lowest BCUT2D eigenvalue weighted by Gasteiger charge is -2.15. The lowest BCUT2D eigenvalue weighted by molar-refractivity contribution is 1.14. The number of benzene rings is 2. The maximum absolute atomic E-state index is 9.07. The molecular weight excluding hydrogens is 184 g/mol. The Morgan fingerprint density at radius 2 is 1.73 bits per heavy atom. The van der Waals surface area contributed by atoms with Crippen LogP contribution in [0.5, 0.6) is 0 Å². The van der Waals surface area contributed by atoms with E-state index in [1.165, 1.54) is 0 Å². The topological polar surface area (TPSA) is 27.0 Å². The zero-order chi connectivity index (χ0) is 10.8. The molecule has 15 heavy (non-hydrogen) atoms. The van der Waals surface area contributed by atoms with Gasteiger partial charge in [0.1, 0.15) is 0 Å². The van der Waals surface area contributed by atoms with Gasteiger partial charge in [-0.2, -0.15) is 5.26 Å². The Kier molecular flexibility index (Phi) is 2.31. The molecule has 0 spiro atoms. The van der Waals surface area contributed by atoms with Crippen molar-refractivity contribution in [3.05, 3.63) is 42.0 Å². The van der Waals surface area contributed by atoms with Crippen molar-refractivity contribution in [2.24, 2.45) is 0 Å². The van der Waals surface area contributed by atoms with E-state index in [1.54, 1.807) is 0 Å². The Bertz CT molecular complexity index is 530. The van der Waals surface area contributed by atoms with Gasteiger partial charge >= 0.3 is 0 Å². The number of hydrogen-bond acceptors (Lipinski definition) is 2. The summed E-state index contributed by atoms with van der Waals surface area (Å²) < 4.78 is 0. The molecule has 2 nitrogen and oxygen atoms in total. The number of nitriles is 1. The van der Waals surface area contributed by atoms with Crippen LogP contribution in [0.1, 0.15) is 5.56 Å². The monoisotopic (exact) mass is 196 g/mol. The van der Waals surface area contributed by atoms with Crippen molar-refractivity contribution in [1.29, 1.82) is 5.26 Å². The summed E-state index contributed by atoms with van der Waals surface area (Å²) in [6.07, 6.45) is 0. The molecule has 0 amide bonds. The number of nitrogens with zero attached hydrogens (tertiary/aromatic N) is 2. The minimum absolute atomic E-state index is 0.733. The SMILES string of the molecule is CN(C)c1cccc2cccc(C#N)c12. The molecule has 0 aromatic heterocycles. The lowest BCUT2D eigenvalue weighted by Crippen LogP contribution is -2.09. The number of hydrogen-bond donors (Lipinski definition) is 0. The Balaban J connectivity index is 2.89. The highest BCUT2D eigenvalue weighted by Crippen LogP contribution is 2.28. The molecule has 2 heteroatoms. The van der Waals surface area contributed by atoms with E-state index in [0.29, 0.717) is 0 Å². The van der Waals surface area contributed by atoms with Gasteiger partial charge < -0.3 is 4.90 Å². The van der Waals surface area contributed by atoms with Crippen LogP contribution in [0, 0.1) is 11.3 Å². The van der Waals surface area contributed by atoms with Gasteiger partial charge in [0.25, 0.3) is 0 Å². The number of anilines is 1. The molecule has 0 fully saturated rings. The van der Waals surface area contributed by atoms with Crippen LogP contribution in [0.25, 0.3) is 10.8 Å². The standard InChI is InChI=1S/C13H12N2/c1-15(2)12-8-4-6-10-5-3-7-11(9-14)13(10)12/h3-8H,1-2H3. The summed E-state index contributed by atoms with van der Waals surface area (Å²) in [5.41, 5.74) is 1.82. The molecule has 74 valence electrons. The summed E-state index contributed by atoms with van der Waals surface area (Å²) in [5, 5.41) is 11.2. The summed E-state index contributed by atoms with van der Waals surface area (Å²) in [5.74, 6) is 0. The van der Waals surface area contributed by atoms with Gasteiger partial charge in [-0.1, -0.05) is 24.3 Å². The molecule has 0 aliphatic carbocycles. The first kappa shape index (κ1) is 9.54. The van der Waals surface area contributed by atoms with Crippen molar-refractivity contribution in [2.75, 3.05) is 19.0 Å². The van der Waals surface area contributed by atoms with E-state index < -0.39 is 0 Å². The van der Waals surface area contributed by atoms with Gasteiger partial charge in [-0.15, -0.1) is 0 Å². The molecule has 0 saturated heterocycles. The quantitative estimate of drug-likeness (QED) is 0.701. The van der Waals surface area contributed by atoms with Crippen molar-refractivity contribution in [3.8, 4) is 6.07 Å². The highest BCUT2D eigenvalue weighted by atomic mass is 15.1. The third kappa shape index (κ3) is 1.53. The van der Waals surface area contributed by atoms with Crippen LogP contribution in [0.15, 0.2) is 36.4 Å². The Morgan fingerprint density at radius 3 is 2.33 bits per heavy atom. The highest BCUT2D eigenvalue weighted by molar-refractivity contribution is 5.98. The predicted molar refractivity (Wildman–Crippen MR) is 63.0 cm³/mol. The van der Waals surface area contributed by atoms with E-state index in [2.05, 4.69) is 6.07 Å². The molecule has 0 unspecified atom stereocenters. The molecule has 0 aliphatic heterocycles. The molecule has 0 saturated carbocycles. The van der Waals surface area contributed by atoms with Crippen LogP contribution in [-0.4, -0.2) is 14.1 Å². The first-order valence-corrected chi connectivity index (χ1v) is 4.83. The summed E-state index contributed by atoms with van der Waals surface area (Å²) in [6.45, 7) is 0. The van der Waals surface area contributed by atoms with E-state index in [0.717, 1.165) is 22.0 Å². The average molecular weight is 196 g/mol. The molecule has 0 N–H and O–H groups in total. The molecule has 2 rings (SSSR count). The Hall–Kier alpha value is -2.01. The fourth-order valence-electron chi connectivity index (χ4n) is 1.79. The molecule has 0 aliphatic rings. The maximum Gasteiger partial charge on any atom is 0.0998 e. The third-order valence-corrected chi connectivity index (χ3v) is 2.48. The number of rotatable bonds is 1. The molecule has 0 heterocycles. The second-order valence-corrected chi connectivity index (χ2v) is 3.69. The smallest absolute Gasteiger partial charge is 0.0998 e. The van der Waals surface area contributed by atoms with Crippen molar-refractivity contribution in [1.82, 2.24) is 0 Å². The zero-order valence-corrected chi connectivity index (χ0v) is 8.86. The van der Waals surface area contributed by atoms with Gasteiger partial charge in [-0.05, 0) is 17.5 Å². The third-order valence-electron chi connectivity index (χ3n) is 2.48. The first-order chi connectivity index (χ1) is 7.24. The predicted octanol–water partition coefficient (Wildman–Crippen LogP) is 2.78. The van der Waals surface area contributed by atoms with Gasteiger partial charge in [-0.25, -0.2) is 0 Å². The molecular formula is C13H12N2. The van der Waals surface area contributed by atoms with E-state index in [4.69, 9.17) is 5.26 Å². The van der Waals surface area contributed by atoms with Gasteiger partial charge in [0.05, 0.1) is 11.6 Å². The van der Waals surface area contributed by atoms with Crippen LogP contribution >= 0.6 is 0 Å². The zero-order valence-electron chi connectivity index (χ0n) is 8.86. The van der Waals surface area contributed by atoms with Crippen LogP contribution in [0.2, 0.25) is 0 Å².